The fourth-order valence-corrected chi connectivity index (χ4v) is 2.48. The van der Waals surface area contributed by atoms with Crippen LogP contribution in [0.25, 0.3) is 0 Å². The van der Waals surface area contributed by atoms with E-state index in [2.05, 4.69) is 5.32 Å². The minimum Gasteiger partial charge on any atom is -0.468 e. The Hall–Kier alpha value is -1.78. The third-order valence-corrected chi connectivity index (χ3v) is 3.98. The minimum absolute atomic E-state index is 0.275. The van der Waals surface area contributed by atoms with Gasteiger partial charge in [0, 0.05) is 11.4 Å². The lowest BCUT2D eigenvalue weighted by atomic mass is 10.1. The monoisotopic (exact) mass is 301 g/mol. The molecule has 2 aromatic carbocycles. The highest BCUT2D eigenvalue weighted by Gasteiger charge is 2.20. The maximum absolute atomic E-state index is 12.0. The van der Waals surface area contributed by atoms with Crippen LogP contribution in [0.4, 0.5) is 0 Å². The molecule has 0 aromatic heterocycles. The number of ether oxygens (including phenoxy) is 1. The molecule has 0 saturated heterocycles. The van der Waals surface area contributed by atoms with Crippen molar-refractivity contribution in [1.82, 2.24) is 5.32 Å². The van der Waals surface area contributed by atoms with Crippen LogP contribution in [0.3, 0.4) is 0 Å². The second-order valence-corrected chi connectivity index (χ2v) is 5.48. The van der Waals surface area contributed by atoms with Gasteiger partial charge in [-0.05, 0) is 29.5 Å². The summed E-state index contributed by atoms with van der Waals surface area (Å²) in [4.78, 5) is 13.2. The lowest BCUT2D eigenvalue weighted by Crippen LogP contribution is -2.29. The van der Waals surface area contributed by atoms with Crippen LogP contribution < -0.4 is 5.32 Å². The second-order valence-electron chi connectivity index (χ2n) is 4.60. The van der Waals surface area contributed by atoms with Gasteiger partial charge in [-0.15, -0.1) is 11.8 Å². The van der Waals surface area contributed by atoms with E-state index in [0.717, 1.165) is 11.1 Å². The minimum atomic E-state index is -0.453. The highest BCUT2D eigenvalue weighted by atomic mass is 32.2. The number of hydrogen-bond acceptors (Lipinski definition) is 4. The quantitative estimate of drug-likeness (QED) is 0.655. The zero-order chi connectivity index (χ0) is 15.1. The summed E-state index contributed by atoms with van der Waals surface area (Å²) >= 11 is 1.68. The fourth-order valence-electron chi connectivity index (χ4n) is 2.07. The van der Waals surface area contributed by atoms with E-state index in [1.165, 1.54) is 12.0 Å². The molecule has 0 radical (unpaired) electrons. The predicted molar refractivity (Wildman–Crippen MR) is 86.3 cm³/mol. The van der Waals surface area contributed by atoms with Crippen molar-refractivity contribution in [3.05, 3.63) is 65.7 Å². The van der Waals surface area contributed by atoms with Crippen molar-refractivity contribution in [3.63, 3.8) is 0 Å². The van der Waals surface area contributed by atoms with Crippen molar-refractivity contribution in [1.29, 1.82) is 0 Å². The largest absolute Gasteiger partial charge is 0.468 e. The molecule has 0 amide bonds. The van der Waals surface area contributed by atoms with Crippen molar-refractivity contribution in [2.75, 3.05) is 13.4 Å². The molecule has 1 unspecified atom stereocenters. The number of nitrogens with one attached hydrogen (secondary N) is 1. The van der Waals surface area contributed by atoms with Gasteiger partial charge in [0.1, 0.15) is 6.04 Å². The van der Waals surface area contributed by atoms with Crippen LogP contribution in [0.1, 0.15) is 17.2 Å². The van der Waals surface area contributed by atoms with Gasteiger partial charge in [0.05, 0.1) is 7.11 Å². The maximum atomic E-state index is 12.0. The van der Waals surface area contributed by atoms with E-state index < -0.39 is 6.04 Å². The van der Waals surface area contributed by atoms with Crippen LogP contribution in [-0.4, -0.2) is 19.3 Å². The standard InChI is InChI=1S/C17H19NO2S/c1-20-17(19)16(14-8-10-15(21-2)11-9-14)18-12-13-6-4-3-5-7-13/h3-11,16,18H,12H2,1-2H3. The molecule has 0 fully saturated rings. The Labute approximate surface area is 129 Å². The SMILES string of the molecule is COC(=O)C(NCc1ccccc1)c1ccc(SC)cc1. The fraction of sp³-hybridized carbons (Fsp3) is 0.235. The molecule has 2 aromatic rings. The number of benzene rings is 2. The molecular weight excluding hydrogens is 282 g/mol. The van der Waals surface area contributed by atoms with Gasteiger partial charge in [-0.1, -0.05) is 42.5 Å². The number of esters is 1. The summed E-state index contributed by atoms with van der Waals surface area (Å²) in [5, 5.41) is 3.26. The summed E-state index contributed by atoms with van der Waals surface area (Å²) in [5.41, 5.74) is 2.04. The van der Waals surface area contributed by atoms with Gasteiger partial charge < -0.3 is 4.74 Å². The Morgan fingerprint density at radius 1 is 1.14 bits per heavy atom. The Morgan fingerprint density at radius 3 is 2.38 bits per heavy atom. The van der Waals surface area contributed by atoms with Gasteiger partial charge in [-0.25, -0.2) is 4.79 Å². The Kier molecular flexibility index (Phi) is 5.84. The molecule has 1 N–H and O–H groups in total. The number of thioether (sulfide) groups is 1. The number of methoxy groups -OCH3 is 1. The Bertz CT molecular complexity index is 569. The zero-order valence-electron chi connectivity index (χ0n) is 12.2. The summed E-state index contributed by atoms with van der Waals surface area (Å²) in [6.45, 7) is 0.616. The van der Waals surface area contributed by atoms with Crippen molar-refractivity contribution >= 4 is 17.7 Å². The van der Waals surface area contributed by atoms with Gasteiger partial charge in [-0.2, -0.15) is 0 Å². The van der Waals surface area contributed by atoms with Crippen molar-refractivity contribution in [2.45, 2.75) is 17.5 Å². The van der Waals surface area contributed by atoms with Crippen molar-refractivity contribution in [2.24, 2.45) is 0 Å². The summed E-state index contributed by atoms with van der Waals surface area (Å²) in [5.74, 6) is -0.275. The first-order valence-corrected chi connectivity index (χ1v) is 7.96. The molecule has 110 valence electrons. The highest BCUT2D eigenvalue weighted by Crippen LogP contribution is 2.20. The van der Waals surface area contributed by atoms with E-state index in [1.807, 2.05) is 60.9 Å². The molecule has 0 aliphatic carbocycles. The Balaban J connectivity index is 2.12. The van der Waals surface area contributed by atoms with Gasteiger partial charge in [0.2, 0.25) is 0 Å². The van der Waals surface area contributed by atoms with Crippen LogP contribution in [0.15, 0.2) is 59.5 Å². The van der Waals surface area contributed by atoms with Crippen LogP contribution in [0, 0.1) is 0 Å². The van der Waals surface area contributed by atoms with Gasteiger partial charge >= 0.3 is 5.97 Å². The molecule has 1 atom stereocenters. The van der Waals surface area contributed by atoms with E-state index in [4.69, 9.17) is 4.74 Å². The van der Waals surface area contributed by atoms with Crippen molar-refractivity contribution in [3.8, 4) is 0 Å². The summed E-state index contributed by atoms with van der Waals surface area (Å²) in [7, 11) is 1.41. The average Bonchev–Trinajstić information content (AvgIpc) is 2.56. The van der Waals surface area contributed by atoms with E-state index in [0.29, 0.717) is 6.54 Å². The van der Waals surface area contributed by atoms with Crippen LogP contribution in [0.5, 0.6) is 0 Å². The molecule has 21 heavy (non-hydrogen) atoms. The first-order chi connectivity index (χ1) is 10.2. The number of carbonyl (C=O) groups excluding carboxylic acids is 1. The lowest BCUT2D eigenvalue weighted by molar-refractivity contribution is -0.143. The molecule has 0 spiro atoms. The predicted octanol–water partition coefficient (Wildman–Crippen LogP) is 3.41. The molecule has 4 heteroatoms. The topological polar surface area (TPSA) is 38.3 Å². The van der Waals surface area contributed by atoms with E-state index >= 15 is 0 Å². The first-order valence-electron chi connectivity index (χ1n) is 6.73. The van der Waals surface area contributed by atoms with E-state index in [1.54, 1.807) is 11.8 Å². The normalized spacial score (nSPS) is 11.9. The molecule has 0 saturated carbocycles. The molecule has 0 aliphatic heterocycles. The molecule has 3 nitrogen and oxygen atoms in total. The third-order valence-electron chi connectivity index (χ3n) is 3.24. The van der Waals surface area contributed by atoms with E-state index in [-0.39, 0.29) is 5.97 Å². The zero-order valence-corrected chi connectivity index (χ0v) is 13.0. The summed E-state index contributed by atoms with van der Waals surface area (Å²) in [6, 6.07) is 17.5. The van der Waals surface area contributed by atoms with Crippen LogP contribution in [-0.2, 0) is 16.1 Å². The number of rotatable bonds is 6. The molecular formula is C17H19NO2S. The molecule has 0 aliphatic rings. The second kappa shape index (κ2) is 7.86. The van der Waals surface area contributed by atoms with Gasteiger partial charge in [-0.3, -0.25) is 5.32 Å². The van der Waals surface area contributed by atoms with Crippen LogP contribution >= 0.6 is 11.8 Å². The number of carbonyl (C=O) groups is 1. The maximum Gasteiger partial charge on any atom is 0.327 e. The number of hydrogen-bond donors (Lipinski definition) is 1. The van der Waals surface area contributed by atoms with E-state index in [9.17, 15) is 4.79 Å². The Morgan fingerprint density at radius 2 is 1.81 bits per heavy atom. The smallest absolute Gasteiger partial charge is 0.327 e. The van der Waals surface area contributed by atoms with Crippen molar-refractivity contribution < 1.29 is 9.53 Å². The molecule has 2 rings (SSSR count). The van der Waals surface area contributed by atoms with Crippen LogP contribution in [0.2, 0.25) is 0 Å². The first kappa shape index (κ1) is 15.6. The van der Waals surface area contributed by atoms with Gasteiger partial charge in [0.25, 0.3) is 0 Å². The highest BCUT2D eigenvalue weighted by molar-refractivity contribution is 7.98. The summed E-state index contributed by atoms with van der Waals surface area (Å²) < 4.78 is 4.91. The molecule has 0 heterocycles. The van der Waals surface area contributed by atoms with Gasteiger partial charge in [0.15, 0.2) is 0 Å². The third kappa shape index (κ3) is 4.34. The lowest BCUT2D eigenvalue weighted by Gasteiger charge is -2.17. The average molecular weight is 301 g/mol. The summed E-state index contributed by atoms with van der Waals surface area (Å²) in [6.07, 6.45) is 2.03. The molecule has 0 bridgehead atoms.